The molecule has 0 fully saturated rings. The molecule has 6 N–H and O–H groups in total. The van der Waals surface area contributed by atoms with Crippen molar-refractivity contribution in [2.45, 2.75) is 92.8 Å². The van der Waals surface area contributed by atoms with Gasteiger partial charge in [-0.2, -0.15) is 37.9 Å². The highest BCUT2D eigenvalue weighted by Gasteiger charge is 2.60. The smallest absolute Gasteiger partial charge is 0.303 e. The number of carboxylic acid groups (broad SMARTS) is 3. The summed E-state index contributed by atoms with van der Waals surface area (Å²) in [4.78, 5) is 32.8. The van der Waals surface area contributed by atoms with Gasteiger partial charge >= 0.3 is 17.9 Å². The van der Waals surface area contributed by atoms with Gasteiger partial charge in [-0.25, -0.2) is 0 Å². The molecule has 206 valence electrons. The first-order valence-corrected chi connectivity index (χ1v) is 13.5. The molecule has 0 aliphatic carbocycles. The fourth-order valence-electron chi connectivity index (χ4n) is 4.85. The maximum absolute atomic E-state index is 10.9. The van der Waals surface area contributed by atoms with E-state index in [2.05, 4.69) is 0 Å². The van der Waals surface area contributed by atoms with Crippen molar-refractivity contribution in [2.75, 3.05) is 19.8 Å². The number of aliphatic hydroxyl groups excluding tert-OH is 3. The van der Waals surface area contributed by atoms with Crippen molar-refractivity contribution in [3.63, 3.8) is 0 Å². The summed E-state index contributed by atoms with van der Waals surface area (Å²) in [6.07, 6.45) is 3.89. The lowest BCUT2D eigenvalue weighted by Gasteiger charge is -2.57. The molecule has 0 amide bonds. The summed E-state index contributed by atoms with van der Waals surface area (Å²) in [6.45, 7) is -1.74. The minimum Gasteiger partial charge on any atom is -0.481 e. The maximum Gasteiger partial charge on any atom is 0.303 e. The van der Waals surface area contributed by atoms with Crippen molar-refractivity contribution in [1.29, 1.82) is 0 Å². The third-order valence-corrected chi connectivity index (χ3v) is 8.89. The highest BCUT2D eigenvalue weighted by atomic mass is 32.1. The van der Waals surface area contributed by atoms with Crippen LogP contribution in [-0.2, 0) is 14.4 Å². The van der Waals surface area contributed by atoms with Gasteiger partial charge in [-0.3, -0.25) is 14.4 Å². The molecule has 35 heavy (non-hydrogen) atoms. The second kappa shape index (κ2) is 17.7. The third-order valence-electron chi connectivity index (χ3n) is 6.84. The van der Waals surface area contributed by atoms with E-state index >= 15 is 0 Å². The first-order chi connectivity index (χ1) is 16.4. The van der Waals surface area contributed by atoms with Crippen molar-refractivity contribution < 1.29 is 45.0 Å². The number of unbranched alkanes of at least 4 members (excludes halogenated alkanes) is 3. The molecule has 0 aliphatic heterocycles. The van der Waals surface area contributed by atoms with Crippen LogP contribution in [0.4, 0.5) is 0 Å². The van der Waals surface area contributed by atoms with E-state index in [1.165, 1.54) is 0 Å². The van der Waals surface area contributed by atoms with Gasteiger partial charge in [-0.15, -0.1) is 0 Å². The number of aliphatic carboxylic acids is 3. The van der Waals surface area contributed by atoms with E-state index in [1.54, 1.807) is 0 Å². The van der Waals surface area contributed by atoms with Crippen LogP contribution in [0, 0.1) is 10.8 Å². The Labute approximate surface area is 223 Å². The fraction of sp³-hybridized carbons (Fsp3) is 0.870. The Balaban J connectivity index is 6.17. The van der Waals surface area contributed by atoms with Gasteiger partial charge in [0.05, 0.1) is 19.8 Å². The lowest BCUT2D eigenvalue weighted by molar-refractivity contribution is -0.138. The van der Waals surface area contributed by atoms with Crippen molar-refractivity contribution >= 4 is 55.8 Å². The molecule has 3 atom stereocenters. The summed E-state index contributed by atoms with van der Waals surface area (Å²) < 4.78 is 0. The van der Waals surface area contributed by atoms with E-state index in [0.717, 1.165) is 0 Å². The minimum absolute atomic E-state index is 0.0162. The number of hydrogen-bond donors (Lipinski definition) is 9. The third kappa shape index (κ3) is 10.3. The number of aliphatic hydroxyl groups is 3. The molecule has 0 rings (SSSR count). The number of carboxylic acids is 3. The molecular weight excluding hydrogens is 516 g/mol. The Morgan fingerprint density at radius 3 is 1.00 bits per heavy atom. The molecule has 3 unspecified atom stereocenters. The van der Waals surface area contributed by atoms with Crippen LogP contribution >= 0.6 is 37.9 Å². The van der Waals surface area contributed by atoms with Gasteiger partial charge in [0, 0.05) is 45.8 Å². The molecular formula is C23H42O9S3. The summed E-state index contributed by atoms with van der Waals surface area (Å²) in [5.74, 6) is -2.75. The zero-order valence-electron chi connectivity index (χ0n) is 20.1. The number of carbonyl (C=O) groups is 3. The minimum atomic E-state index is -1.44. The second-order valence-electron chi connectivity index (χ2n) is 9.15. The zero-order valence-corrected chi connectivity index (χ0v) is 22.8. The highest BCUT2D eigenvalue weighted by Crippen LogP contribution is 2.56. The quantitative estimate of drug-likeness (QED) is 0.0715. The summed E-state index contributed by atoms with van der Waals surface area (Å²) in [7, 11) is 0. The van der Waals surface area contributed by atoms with Gasteiger partial charge in [0.15, 0.2) is 0 Å². The first-order valence-electron chi connectivity index (χ1n) is 12.0. The topological polar surface area (TPSA) is 173 Å². The van der Waals surface area contributed by atoms with Crippen LogP contribution in [-0.4, -0.2) is 84.1 Å². The Morgan fingerprint density at radius 1 is 0.543 bits per heavy atom. The van der Waals surface area contributed by atoms with Gasteiger partial charge in [-0.1, -0.05) is 19.3 Å². The van der Waals surface area contributed by atoms with E-state index in [9.17, 15) is 29.7 Å². The van der Waals surface area contributed by atoms with Crippen LogP contribution in [0.3, 0.4) is 0 Å². The molecule has 0 aromatic rings. The average Bonchev–Trinajstić information content (AvgIpc) is 2.80. The summed E-state index contributed by atoms with van der Waals surface area (Å²) >= 11 is 14.6. The Morgan fingerprint density at radius 2 is 0.800 bits per heavy atom. The maximum atomic E-state index is 10.9. The Kier molecular flexibility index (Phi) is 17.4. The van der Waals surface area contributed by atoms with Crippen LogP contribution in [0.5, 0.6) is 0 Å². The molecule has 0 aromatic heterocycles. The van der Waals surface area contributed by atoms with Crippen LogP contribution in [0.25, 0.3) is 0 Å². The van der Waals surface area contributed by atoms with E-state index < -0.39 is 64.3 Å². The lowest BCUT2D eigenvalue weighted by Crippen LogP contribution is -2.64. The molecule has 0 saturated heterocycles. The van der Waals surface area contributed by atoms with Crippen LogP contribution in [0.15, 0.2) is 0 Å². The van der Waals surface area contributed by atoms with Crippen molar-refractivity contribution in [3.8, 4) is 0 Å². The van der Waals surface area contributed by atoms with E-state index in [0.29, 0.717) is 57.8 Å². The van der Waals surface area contributed by atoms with Gasteiger partial charge in [0.1, 0.15) is 0 Å². The molecule has 12 heteroatoms. The molecule has 0 saturated carbocycles. The van der Waals surface area contributed by atoms with Gasteiger partial charge < -0.3 is 30.6 Å². The normalized spacial score (nSPS) is 16.3. The van der Waals surface area contributed by atoms with Crippen LogP contribution in [0.1, 0.15) is 77.0 Å². The lowest BCUT2D eigenvalue weighted by atomic mass is 9.56. The highest BCUT2D eigenvalue weighted by molar-refractivity contribution is 7.83. The molecule has 0 spiro atoms. The number of hydrogen-bond acceptors (Lipinski definition) is 9. The summed E-state index contributed by atoms with van der Waals surface area (Å²) in [5.41, 5.74) is -2.58. The predicted octanol–water partition coefficient (Wildman–Crippen LogP) is 2.77. The van der Waals surface area contributed by atoms with Gasteiger partial charge in [0.2, 0.25) is 0 Å². The zero-order chi connectivity index (χ0) is 27.1. The molecule has 0 aliphatic rings. The molecule has 0 heterocycles. The van der Waals surface area contributed by atoms with Crippen molar-refractivity contribution in [1.82, 2.24) is 0 Å². The monoisotopic (exact) mass is 558 g/mol. The van der Waals surface area contributed by atoms with E-state index in [4.69, 9.17) is 53.2 Å². The number of rotatable bonds is 22. The average molecular weight is 559 g/mol. The standard InChI is InChI=1S/C23H42O9S3/c24-13-22(14-25,15-26)23(16(33)7-1-4-10-19(27)28,17(34)8-2-5-11-20(29)30)18(35)9-3-6-12-21(31)32/h16-18,24-26,33-35H,1-15H2,(H,27,28)(H,29,30)(H,31,32). The van der Waals surface area contributed by atoms with Gasteiger partial charge in [0.25, 0.3) is 0 Å². The Hall–Kier alpha value is -0.660. The number of thiol groups is 3. The summed E-state index contributed by atoms with van der Waals surface area (Å²) in [6, 6.07) is 0. The fourth-order valence-corrected chi connectivity index (χ4v) is 7.65. The Bertz CT molecular complexity index is 566. The SMILES string of the molecule is O=C(O)CCCCC(S)C(C(S)CCCCC(=O)O)(C(S)CCCCC(=O)O)C(CO)(CO)CO. The van der Waals surface area contributed by atoms with Crippen molar-refractivity contribution in [2.24, 2.45) is 10.8 Å². The van der Waals surface area contributed by atoms with E-state index in [1.807, 2.05) is 0 Å². The van der Waals surface area contributed by atoms with Crippen LogP contribution < -0.4 is 0 Å². The van der Waals surface area contributed by atoms with Crippen LogP contribution in [0.2, 0.25) is 0 Å². The second-order valence-corrected chi connectivity index (χ2v) is 11.0. The molecule has 0 bridgehead atoms. The molecule has 0 radical (unpaired) electrons. The molecule has 0 aromatic carbocycles. The van der Waals surface area contributed by atoms with Crippen molar-refractivity contribution in [3.05, 3.63) is 0 Å². The first kappa shape index (κ1) is 34.3. The van der Waals surface area contributed by atoms with Gasteiger partial charge in [-0.05, 0) is 38.5 Å². The molecule has 9 nitrogen and oxygen atoms in total. The van der Waals surface area contributed by atoms with E-state index in [-0.39, 0.29) is 19.3 Å². The predicted molar refractivity (Wildman–Crippen MR) is 143 cm³/mol. The summed E-state index contributed by atoms with van der Waals surface area (Å²) in [5, 5.41) is 56.5. The largest absolute Gasteiger partial charge is 0.481 e.